The summed E-state index contributed by atoms with van der Waals surface area (Å²) in [5.74, 6) is 6.25. The van der Waals surface area contributed by atoms with Crippen LogP contribution in [-0.2, 0) is 21.4 Å². The molecular weight excluding hydrogens is 866 g/mol. The first-order valence-electron chi connectivity index (χ1n) is 23.8. The minimum atomic E-state index is -2.89. The van der Waals surface area contributed by atoms with Crippen LogP contribution in [0.25, 0.3) is 16.6 Å². The van der Waals surface area contributed by atoms with E-state index in [0.29, 0.717) is 42.6 Å². The maximum atomic E-state index is 15.5. The van der Waals surface area contributed by atoms with Gasteiger partial charge in [-0.05, 0) is 94.8 Å². The minimum Gasteiger partial charge on any atom is -0.362 e. The van der Waals surface area contributed by atoms with E-state index < -0.39 is 36.2 Å². The first-order chi connectivity index (χ1) is 32.5. The summed E-state index contributed by atoms with van der Waals surface area (Å²) in [7, 11) is 1.80. The molecule has 1 saturated carbocycles. The fourth-order valence-electron chi connectivity index (χ4n) is 10.7. The number of hydrogen-bond donors (Lipinski definition) is 2. The number of carbonyl (C=O) groups excluding carboxylic acids is 3. The van der Waals surface area contributed by atoms with Crippen molar-refractivity contribution in [3.63, 3.8) is 0 Å². The molecule has 1 aromatic carbocycles. The van der Waals surface area contributed by atoms with Gasteiger partial charge in [0.15, 0.2) is 11.3 Å². The van der Waals surface area contributed by atoms with E-state index >= 15 is 4.39 Å². The van der Waals surface area contributed by atoms with E-state index in [1.165, 1.54) is 36.4 Å². The number of rotatable bonds is 12. The molecule has 5 aliphatic rings. The Bertz CT molecular complexity index is 2690. The number of imide groups is 1. The maximum Gasteiger partial charge on any atom is 0.284 e. The average Bonchev–Trinajstić information content (AvgIpc) is 4.03. The molecule has 0 bridgehead atoms. The summed E-state index contributed by atoms with van der Waals surface area (Å²) in [5.41, 5.74) is 2.17. The number of amides is 3. The van der Waals surface area contributed by atoms with Crippen LogP contribution in [0.4, 0.5) is 24.7 Å². The van der Waals surface area contributed by atoms with E-state index in [2.05, 4.69) is 52.5 Å². The third-order valence-electron chi connectivity index (χ3n) is 14.5. The highest BCUT2D eigenvalue weighted by atomic mass is 19.3. The lowest BCUT2D eigenvalue weighted by atomic mass is 9.85. The van der Waals surface area contributed by atoms with E-state index in [1.54, 1.807) is 22.6 Å². The number of nitrogens with one attached hydrogen (secondary N) is 2. The fourth-order valence-corrected chi connectivity index (χ4v) is 10.7. The number of ether oxygens (including phenoxy) is 1. The Morgan fingerprint density at radius 3 is 2.49 bits per heavy atom. The number of anilines is 2. The zero-order valence-electron chi connectivity index (χ0n) is 37.8. The van der Waals surface area contributed by atoms with Gasteiger partial charge in [-0.15, -0.1) is 0 Å². The predicted molar refractivity (Wildman–Crippen MR) is 244 cm³/mol. The summed E-state index contributed by atoms with van der Waals surface area (Å²) in [6.45, 7) is 7.07. The predicted octanol–water partition coefficient (Wildman–Crippen LogP) is 5.66. The molecule has 1 unspecified atom stereocenters. The van der Waals surface area contributed by atoms with Crippen molar-refractivity contribution in [3.8, 4) is 11.8 Å². The van der Waals surface area contributed by atoms with Gasteiger partial charge in [0.1, 0.15) is 24.2 Å². The smallest absolute Gasteiger partial charge is 0.284 e. The molecule has 3 atom stereocenters. The summed E-state index contributed by atoms with van der Waals surface area (Å²) in [5, 5.41) is 19.1. The van der Waals surface area contributed by atoms with Crippen molar-refractivity contribution >= 4 is 45.8 Å². The molecule has 4 aromatic heterocycles. The van der Waals surface area contributed by atoms with E-state index in [-0.39, 0.29) is 48.7 Å². The highest BCUT2D eigenvalue weighted by Gasteiger charge is 2.35. The normalized spacial score (nSPS) is 24.5. The lowest BCUT2D eigenvalue weighted by Crippen LogP contribution is -2.47. The standard InChI is InChI=1S/C48H57F3N12O4/c1-58-44-32(5-2-7-34(44)42(56-58)35-12-13-41(64)55-47(35)65)6-3-24-67-39-16-20-60(28-37(39)49)27-30-8-10-33(11-9-30)63-29-38(43(57-63)45(50)51)53-48(66)36-25-52-62-23-17-40(54-46(36)62)61-21-14-31(15-22-61)26-59-18-4-19-59/h2,5,7,17,23,25,29-31,33,35,37,39,45H,4,8-16,18-22,24,26-28H2,1H3,(H,53,66)(H,55,64,65)/t30?,33?,35?,37-,39+/m1/s1. The summed E-state index contributed by atoms with van der Waals surface area (Å²) in [6, 6.07) is 7.42. The molecule has 3 amide bonds. The number of piperidine rings is 3. The number of likely N-dealkylation sites (tertiary alicyclic amines) is 2. The number of aryl methyl sites for hydroxylation is 1. The van der Waals surface area contributed by atoms with Crippen LogP contribution in [-0.4, -0.2) is 133 Å². The van der Waals surface area contributed by atoms with Crippen molar-refractivity contribution in [1.29, 1.82) is 0 Å². The van der Waals surface area contributed by atoms with E-state index in [0.717, 1.165) is 87.0 Å². The number of halogens is 3. The van der Waals surface area contributed by atoms with E-state index in [1.807, 2.05) is 24.3 Å². The number of nitrogens with zero attached hydrogens (tertiary/aromatic N) is 10. The average molecular weight is 923 g/mol. The highest BCUT2D eigenvalue weighted by molar-refractivity contribution is 6.08. The summed E-state index contributed by atoms with van der Waals surface area (Å²) >= 11 is 0. The Hall–Kier alpha value is -5.84. The van der Waals surface area contributed by atoms with Gasteiger partial charge in [-0.2, -0.15) is 15.3 Å². The molecule has 0 radical (unpaired) electrons. The van der Waals surface area contributed by atoms with Crippen molar-refractivity contribution in [3.05, 3.63) is 65.4 Å². The summed E-state index contributed by atoms with van der Waals surface area (Å²) in [6.07, 6.45) is 7.86. The van der Waals surface area contributed by atoms with Gasteiger partial charge >= 0.3 is 0 Å². The number of benzene rings is 1. The maximum absolute atomic E-state index is 15.5. The zero-order chi connectivity index (χ0) is 46.2. The summed E-state index contributed by atoms with van der Waals surface area (Å²) in [4.78, 5) is 49.6. The Kier molecular flexibility index (Phi) is 13.0. The quantitative estimate of drug-likeness (QED) is 0.118. The van der Waals surface area contributed by atoms with Gasteiger partial charge in [0, 0.05) is 70.5 Å². The van der Waals surface area contributed by atoms with Crippen LogP contribution in [0.1, 0.15) is 110 Å². The van der Waals surface area contributed by atoms with Crippen molar-refractivity contribution in [1.82, 2.24) is 49.3 Å². The number of carbonyl (C=O) groups is 3. The van der Waals surface area contributed by atoms with Gasteiger partial charge in [-0.25, -0.2) is 22.7 Å². The van der Waals surface area contributed by atoms with Gasteiger partial charge in [-0.3, -0.25) is 34.0 Å². The van der Waals surface area contributed by atoms with Crippen LogP contribution in [0.15, 0.2) is 42.9 Å². The van der Waals surface area contributed by atoms with Crippen molar-refractivity contribution < 1.29 is 32.3 Å². The monoisotopic (exact) mass is 922 g/mol. The Morgan fingerprint density at radius 2 is 1.75 bits per heavy atom. The first-order valence-corrected chi connectivity index (χ1v) is 23.8. The zero-order valence-corrected chi connectivity index (χ0v) is 37.8. The van der Waals surface area contributed by atoms with Crippen LogP contribution >= 0.6 is 0 Å². The van der Waals surface area contributed by atoms with Crippen LogP contribution in [0.2, 0.25) is 0 Å². The number of aromatic nitrogens is 7. The molecule has 16 nitrogen and oxygen atoms in total. The second-order valence-electron chi connectivity index (χ2n) is 19.0. The van der Waals surface area contributed by atoms with Crippen molar-refractivity contribution in [2.24, 2.45) is 18.9 Å². The second kappa shape index (κ2) is 19.4. The lowest BCUT2D eigenvalue weighted by molar-refractivity contribution is -0.134. The first kappa shape index (κ1) is 45.0. The Balaban J connectivity index is 0.695. The molecule has 1 aliphatic carbocycles. The van der Waals surface area contributed by atoms with Crippen LogP contribution < -0.4 is 15.5 Å². The van der Waals surface area contributed by atoms with Crippen molar-refractivity contribution in [2.75, 3.05) is 69.2 Å². The van der Waals surface area contributed by atoms with Gasteiger partial charge in [0.2, 0.25) is 11.8 Å². The third kappa shape index (κ3) is 9.66. The molecule has 67 heavy (non-hydrogen) atoms. The second-order valence-corrected chi connectivity index (χ2v) is 19.0. The molecule has 8 heterocycles. The minimum absolute atomic E-state index is 0.0293. The molecule has 19 heteroatoms. The van der Waals surface area contributed by atoms with Crippen LogP contribution in [0, 0.1) is 23.7 Å². The van der Waals surface area contributed by atoms with E-state index in [9.17, 15) is 23.2 Å². The topological polar surface area (TPSA) is 160 Å². The Labute approximate surface area is 386 Å². The molecule has 0 spiro atoms. The molecule has 4 aliphatic heterocycles. The molecule has 4 saturated heterocycles. The number of hydrogen-bond acceptors (Lipinski definition) is 11. The highest BCUT2D eigenvalue weighted by Crippen LogP contribution is 2.37. The fraction of sp³-hybridized carbons (Fsp3) is 0.562. The number of alkyl halides is 3. The summed E-state index contributed by atoms with van der Waals surface area (Å²) < 4.78 is 55.0. The van der Waals surface area contributed by atoms with Crippen molar-refractivity contribution in [2.45, 2.75) is 94.9 Å². The number of para-hydroxylation sites is 1. The van der Waals surface area contributed by atoms with Crippen LogP contribution in [0.3, 0.4) is 0 Å². The SMILES string of the molecule is Cn1nc(C2CCC(=O)NC2=O)c2cccc(C#CCO[C@H]3CCN(CC4CCC(n5cc(NC(=O)c6cnn7ccc(N8CCC(CN9CCC9)CC8)nc67)c(C(F)F)n5)CC4)C[C@H]3F)c21. The molecule has 10 rings (SSSR count). The molecular formula is C48H57F3N12O4. The lowest BCUT2D eigenvalue weighted by Gasteiger charge is -2.38. The van der Waals surface area contributed by atoms with Gasteiger partial charge in [-0.1, -0.05) is 24.0 Å². The van der Waals surface area contributed by atoms with Gasteiger partial charge < -0.3 is 19.9 Å². The van der Waals surface area contributed by atoms with Gasteiger partial charge in [0.05, 0.1) is 46.7 Å². The molecule has 5 aromatic rings. The Morgan fingerprint density at radius 1 is 0.955 bits per heavy atom. The molecule has 354 valence electrons. The molecule has 5 fully saturated rings. The molecule has 2 N–H and O–H groups in total. The van der Waals surface area contributed by atoms with Gasteiger partial charge in [0.25, 0.3) is 12.3 Å². The number of fused-ring (bicyclic) bond motifs is 2. The third-order valence-corrected chi connectivity index (χ3v) is 14.5. The van der Waals surface area contributed by atoms with Crippen LogP contribution in [0.5, 0.6) is 0 Å². The largest absolute Gasteiger partial charge is 0.362 e. The van der Waals surface area contributed by atoms with E-state index in [4.69, 9.17) is 9.72 Å².